The van der Waals surface area contributed by atoms with Gasteiger partial charge in [-0.1, -0.05) is 6.92 Å². The zero-order valence-electron chi connectivity index (χ0n) is 9.79. The van der Waals surface area contributed by atoms with E-state index in [-0.39, 0.29) is 5.91 Å². The van der Waals surface area contributed by atoms with Gasteiger partial charge in [0, 0.05) is 32.3 Å². The molecule has 4 nitrogen and oxygen atoms in total. The summed E-state index contributed by atoms with van der Waals surface area (Å²) in [7, 11) is 0. The van der Waals surface area contributed by atoms with Crippen molar-refractivity contribution in [3.05, 3.63) is 0 Å². The third-order valence-electron chi connectivity index (χ3n) is 2.53. The number of piperazine rings is 1. The average molecular weight is 214 g/mol. The molecule has 1 fully saturated rings. The Bertz CT molecular complexity index is 197. The first-order valence-corrected chi connectivity index (χ1v) is 5.83. The first kappa shape index (κ1) is 12.5. The van der Waals surface area contributed by atoms with Crippen molar-refractivity contribution >= 4 is 5.91 Å². The molecule has 0 aliphatic carbocycles. The predicted molar refractivity (Wildman–Crippen MR) is 59.8 cm³/mol. The van der Waals surface area contributed by atoms with Crippen LogP contribution in [0.3, 0.4) is 0 Å². The van der Waals surface area contributed by atoms with E-state index in [1.165, 1.54) is 0 Å². The molecule has 0 bridgehead atoms. The summed E-state index contributed by atoms with van der Waals surface area (Å²) in [5, 5.41) is 3.32. The summed E-state index contributed by atoms with van der Waals surface area (Å²) in [5.74, 6) is 0.222. The van der Waals surface area contributed by atoms with Crippen LogP contribution in [0.1, 0.15) is 26.7 Å². The van der Waals surface area contributed by atoms with Crippen LogP contribution >= 0.6 is 0 Å². The van der Waals surface area contributed by atoms with Gasteiger partial charge in [0.05, 0.1) is 13.0 Å². The van der Waals surface area contributed by atoms with Crippen LogP contribution in [-0.4, -0.2) is 49.7 Å². The minimum atomic E-state index is 0.222. The van der Waals surface area contributed by atoms with Crippen molar-refractivity contribution in [2.24, 2.45) is 0 Å². The number of rotatable bonds is 5. The van der Waals surface area contributed by atoms with Gasteiger partial charge in [0.15, 0.2) is 0 Å². The normalized spacial score (nSPS) is 21.7. The molecule has 0 saturated carbocycles. The van der Waals surface area contributed by atoms with Gasteiger partial charge in [0.2, 0.25) is 5.91 Å². The fourth-order valence-corrected chi connectivity index (χ4v) is 1.72. The van der Waals surface area contributed by atoms with Gasteiger partial charge < -0.3 is 15.0 Å². The van der Waals surface area contributed by atoms with Crippen molar-refractivity contribution in [1.29, 1.82) is 0 Å². The second kappa shape index (κ2) is 6.80. The van der Waals surface area contributed by atoms with E-state index in [4.69, 9.17) is 4.74 Å². The largest absolute Gasteiger partial charge is 0.381 e. The van der Waals surface area contributed by atoms with Crippen LogP contribution in [0.15, 0.2) is 0 Å². The van der Waals surface area contributed by atoms with Crippen molar-refractivity contribution in [2.75, 3.05) is 32.8 Å². The van der Waals surface area contributed by atoms with E-state index in [1.807, 2.05) is 4.90 Å². The number of hydrogen-bond donors (Lipinski definition) is 1. The average Bonchev–Trinajstić information content (AvgIpc) is 2.24. The van der Waals surface area contributed by atoms with E-state index in [0.29, 0.717) is 19.1 Å². The maximum atomic E-state index is 11.7. The van der Waals surface area contributed by atoms with E-state index in [0.717, 1.165) is 32.7 Å². The Kier molecular flexibility index (Phi) is 5.65. The number of hydrogen-bond acceptors (Lipinski definition) is 3. The van der Waals surface area contributed by atoms with Crippen molar-refractivity contribution in [3.63, 3.8) is 0 Å². The molecule has 1 rings (SSSR count). The molecule has 0 aromatic carbocycles. The number of ether oxygens (including phenoxy) is 1. The lowest BCUT2D eigenvalue weighted by Gasteiger charge is -2.31. The van der Waals surface area contributed by atoms with Crippen molar-refractivity contribution in [1.82, 2.24) is 10.2 Å². The Balaban J connectivity index is 2.15. The first-order valence-electron chi connectivity index (χ1n) is 5.83. The Morgan fingerprint density at radius 3 is 3.00 bits per heavy atom. The van der Waals surface area contributed by atoms with Gasteiger partial charge in [-0.3, -0.25) is 4.79 Å². The lowest BCUT2D eigenvalue weighted by Crippen LogP contribution is -2.51. The molecule has 1 saturated heterocycles. The fourth-order valence-electron chi connectivity index (χ4n) is 1.72. The van der Waals surface area contributed by atoms with E-state index >= 15 is 0 Å². The molecule has 88 valence electrons. The minimum absolute atomic E-state index is 0.222. The van der Waals surface area contributed by atoms with Gasteiger partial charge >= 0.3 is 0 Å². The highest BCUT2D eigenvalue weighted by atomic mass is 16.5. The molecule has 1 aliphatic heterocycles. The molecule has 1 heterocycles. The van der Waals surface area contributed by atoms with Gasteiger partial charge in [0.1, 0.15) is 0 Å². The summed E-state index contributed by atoms with van der Waals surface area (Å²) in [6.45, 7) is 8.05. The Morgan fingerprint density at radius 2 is 2.33 bits per heavy atom. The third kappa shape index (κ3) is 4.62. The van der Waals surface area contributed by atoms with Crippen LogP contribution < -0.4 is 5.32 Å². The van der Waals surface area contributed by atoms with Gasteiger partial charge in [-0.25, -0.2) is 0 Å². The molecule has 0 unspecified atom stereocenters. The van der Waals surface area contributed by atoms with Crippen molar-refractivity contribution < 1.29 is 9.53 Å². The monoisotopic (exact) mass is 214 g/mol. The molecule has 4 heteroatoms. The smallest absolute Gasteiger partial charge is 0.224 e. The number of carbonyl (C=O) groups excluding carboxylic acids is 1. The topological polar surface area (TPSA) is 41.6 Å². The second-order valence-electron chi connectivity index (χ2n) is 4.06. The molecule has 1 atom stereocenters. The molecule has 15 heavy (non-hydrogen) atoms. The standard InChI is InChI=1S/C11H22N2O2/c1-3-7-15-8-4-11(14)13-6-5-12-10(2)9-13/h10,12H,3-9H2,1-2H3/t10-/m1/s1. The van der Waals surface area contributed by atoms with E-state index in [9.17, 15) is 4.79 Å². The van der Waals surface area contributed by atoms with Crippen LogP contribution in [0, 0.1) is 0 Å². The third-order valence-corrected chi connectivity index (χ3v) is 2.53. The summed E-state index contributed by atoms with van der Waals surface area (Å²) in [6, 6.07) is 0.416. The molecular weight excluding hydrogens is 192 g/mol. The van der Waals surface area contributed by atoms with Crippen LogP contribution in [0.25, 0.3) is 0 Å². The Hall–Kier alpha value is -0.610. The lowest BCUT2D eigenvalue weighted by molar-refractivity contribution is -0.133. The fraction of sp³-hybridized carbons (Fsp3) is 0.909. The van der Waals surface area contributed by atoms with Gasteiger partial charge in [-0.15, -0.1) is 0 Å². The number of amides is 1. The zero-order valence-corrected chi connectivity index (χ0v) is 9.79. The summed E-state index contributed by atoms with van der Waals surface area (Å²) >= 11 is 0. The highest BCUT2D eigenvalue weighted by molar-refractivity contribution is 5.76. The Morgan fingerprint density at radius 1 is 1.53 bits per heavy atom. The summed E-state index contributed by atoms with van der Waals surface area (Å²) in [6.07, 6.45) is 1.53. The molecule has 1 aliphatic rings. The molecule has 1 amide bonds. The van der Waals surface area contributed by atoms with Gasteiger partial charge in [-0.05, 0) is 13.3 Å². The lowest BCUT2D eigenvalue weighted by atomic mass is 10.2. The highest BCUT2D eigenvalue weighted by Crippen LogP contribution is 2.01. The molecule has 0 aromatic rings. The molecule has 1 N–H and O–H groups in total. The molecule has 0 radical (unpaired) electrons. The van der Waals surface area contributed by atoms with E-state index in [2.05, 4.69) is 19.2 Å². The van der Waals surface area contributed by atoms with Crippen molar-refractivity contribution in [2.45, 2.75) is 32.7 Å². The van der Waals surface area contributed by atoms with E-state index in [1.54, 1.807) is 0 Å². The molecule has 0 spiro atoms. The van der Waals surface area contributed by atoms with Crippen LogP contribution in [-0.2, 0) is 9.53 Å². The van der Waals surface area contributed by atoms with Crippen molar-refractivity contribution in [3.8, 4) is 0 Å². The molecular formula is C11H22N2O2. The SMILES string of the molecule is CCCOCCC(=O)N1CCN[C@H](C)C1. The predicted octanol–water partition coefficient (Wildman–Crippen LogP) is 0.623. The maximum Gasteiger partial charge on any atom is 0.224 e. The Labute approximate surface area is 92.0 Å². The number of carbonyl (C=O) groups is 1. The van der Waals surface area contributed by atoms with Crippen LogP contribution in [0.5, 0.6) is 0 Å². The van der Waals surface area contributed by atoms with Gasteiger partial charge in [-0.2, -0.15) is 0 Å². The first-order chi connectivity index (χ1) is 7.24. The highest BCUT2D eigenvalue weighted by Gasteiger charge is 2.19. The summed E-state index contributed by atoms with van der Waals surface area (Å²) in [5.41, 5.74) is 0. The van der Waals surface area contributed by atoms with E-state index < -0.39 is 0 Å². The van der Waals surface area contributed by atoms with Gasteiger partial charge in [0.25, 0.3) is 0 Å². The minimum Gasteiger partial charge on any atom is -0.381 e. The second-order valence-corrected chi connectivity index (χ2v) is 4.06. The quantitative estimate of drug-likeness (QED) is 0.682. The summed E-state index contributed by atoms with van der Waals surface area (Å²) < 4.78 is 5.31. The maximum absolute atomic E-state index is 11.7. The number of nitrogens with zero attached hydrogens (tertiary/aromatic N) is 1. The van der Waals surface area contributed by atoms with Crippen LogP contribution in [0.4, 0.5) is 0 Å². The number of nitrogens with one attached hydrogen (secondary N) is 1. The molecule has 0 aromatic heterocycles. The van der Waals surface area contributed by atoms with Crippen LogP contribution in [0.2, 0.25) is 0 Å². The zero-order chi connectivity index (χ0) is 11.1. The summed E-state index contributed by atoms with van der Waals surface area (Å²) in [4.78, 5) is 13.7.